The van der Waals surface area contributed by atoms with Crippen molar-refractivity contribution in [1.29, 1.82) is 0 Å². The molecular formula is C20H18N2O3. The fourth-order valence-corrected chi connectivity index (χ4v) is 3.59. The number of para-hydroxylation sites is 3. The first-order valence-corrected chi connectivity index (χ1v) is 8.15. The van der Waals surface area contributed by atoms with Crippen LogP contribution in [0.1, 0.15) is 17.9 Å². The fourth-order valence-electron chi connectivity index (χ4n) is 3.59. The van der Waals surface area contributed by atoms with Crippen LogP contribution in [0, 0.1) is 0 Å². The molecule has 0 N–H and O–H groups in total. The van der Waals surface area contributed by atoms with E-state index in [9.17, 15) is 9.59 Å². The minimum absolute atomic E-state index is 0.172. The number of imide groups is 1. The van der Waals surface area contributed by atoms with Gasteiger partial charge in [0.1, 0.15) is 5.75 Å². The van der Waals surface area contributed by atoms with Crippen molar-refractivity contribution in [1.82, 2.24) is 4.57 Å². The van der Waals surface area contributed by atoms with Gasteiger partial charge in [0.15, 0.2) is 0 Å². The topological polar surface area (TPSA) is 51.5 Å². The second-order valence-electron chi connectivity index (χ2n) is 6.21. The Labute approximate surface area is 145 Å². The van der Waals surface area contributed by atoms with Crippen LogP contribution < -0.4 is 9.64 Å². The molecule has 1 aromatic heterocycles. The molecule has 2 heterocycles. The molecule has 1 atom stereocenters. The summed E-state index contributed by atoms with van der Waals surface area (Å²) in [7, 11) is 3.48. The van der Waals surface area contributed by atoms with Gasteiger partial charge in [0, 0.05) is 30.6 Å². The Morgan fingerprint density at radius 1 is 1.04 bits per heavy atom. The number of hydrogen-bond donors (Lipinski definition) is 0. The van der Waals surface area contributed by atoms with Crippen LogP contribution in [0.5, 0.6) is 5.75 Å². The number of amides is 2. The lowest BCUT2D eigenvalue weighted by molar-refractivity contribution is -0.121. The van der Waals surface area contributed by atoms with Crippen LogP contribution in [0.4, 0.5) is 5.69 Å². The van der Waals surface area contributed by atoms with Gasteiger partial charge < -0.3 is 9.30 Å². The average molecular weight is 334 g/mol. The van der Waals surface area contributed by atoms with Gasteiger partial charge in [-0.3, -0.25) is 9.59 Å². The van der Waals surface area contributed by atoms with E-state index in [1.807, 2.05) is 48.1 Å². The molecule has 5 nitrogen and oxygen atoms in total. The van der Waals surface area contributed by atoms with Gasteiger partial charge in [-0.25, -0.2) is 4.90 Å². The number of aryl methyl sites for hydroxylation is 1. The van der Waals surface area contributed by atoms with Gasteiger partial charge in [-0.15, -0.1) is 0 Å². The first-order chi connectivity index (χ1) is 12.1. The highest BCUT2D eigenvalue weighted by Crippen LogP contribution is 2.39. The number of anilines is 1. The highest BCUT2D eigenvalue weighted by atomic mass is 16.5. The minimum Gasteiger partial charge on any atom is -0.495 e. The smallest absolute Gasteiger partial charge is 0.242 e. The maximum Gasteiger partial charge on any atom is 0.242 e. The maximum absolute atomic E-state index is 13.1. The van der Waals surface area contributed by atoms with Crippen LogP contribution in [-0.2, 0) is 16.6 Å². The SMILES string of the molecule is COc1ccccc1N1C(=O)C[C@@H](c2cn(C)c3ccccc23)C1=O. The molecule has 2 aromatic carbocycles. The Kier molecular flexibility index (Phi) is 3.57. The van der Waals surface area contributed by atoms with Gasteiger partial charge in [-0.2, -0.15) is 0 Å². The summed E-state index contributed by atoms with van der Waals surface area (Å²) < 4.78 is 7.31. The van der Waals surface area contributed by atoms with Crippen molar-refractivity contribution in [3.05, 3.63) is 60.3 Å². The predicted molar refractivity (Wildman–Crippen MR) is 95.8 cm³/mol. The maximum atomic E-state index is 13.1. The van der Waals surface area contributed by atoms with E-state index >= 15 is 0 Å². The van der Waals surface area contributed by atoms with E-state index in [0.29, 0.717) is 11.4 Å². The number of benzene rings is 2. The molecule has 5 heteroatoms. The van der Waals surface area contributed by atoms with Gasteiger partial charge in [-0.05, 0) is 23.8 Å². The molecule has 0 spiro atoms. The van der Waals surface area contributed by atoms with Crippen LogP contribution >= 0.6 is 0 Å². The summed E-state index contributed by atoms with van der Waals surface area (Å²) in [6.07, 6.45) is 2.12. The molecule has 0 unspecified atom stereocenters. The zero-order valence-corrected chi connectivity index (χ0v) is 14.1. The molecule has 0 saturated carbocycles. The van der Waals surface area contributed by atoms with E-state index in [1.165, 1.54) is 12.0 Å². The number of methoxy groups -OCH3 is 1. The highest BCUT2D eigenvalue weighted by Gasteiger charge is 2.42. The lowest BCUT2D eigenvalue weighted by Crippen LogP contribution is -2.30. The van der Waals surface area contributed by atoms with Crippen LogP contribution in [0.25, 0.3) is 10.9 Å². The Hall–Kier alpha value is -3.08. The monoisotopic (exact) mass is 334 g/mol. The lowest BCUT2D eigenvalue weighted by Gasteiger charge is -2.17. The van der Waals surface area contributed by atoms with E-state index in [2.05, 4.69) is 0 Å². The second-order valence-corrected chi connectivity index (χ2v) is 6.21. The predicted octanol–water partition coefficient (Wildman–Crippen LogP) is 3.23. The zero-order valence-electron chi connectivity index (χ0n) is 14.1. The third kappa shape index (κ3) is 2.31. The summed E-state index contributed by atoms with van der Waals surface area (Å²) in [5, 5.41) is 1.01. The van der Waals surface area contributed by atoms with Crippen LogP contribution in [0.3, 0.4) is 0 Å². The largest absolute Gasteiger partial charge is 0.495 e. The molecule has 1 fully saturated rings. The summed E-state index contributed by atoms with van der Waals surface area (Å²) in [4.78, 5) is 27.0. The number of fused-ring (bicyclic) bond motifs is 1. The van der Waals surface area contributed by atoms with Gasteiger partial charge in [-0.1, -0.05) is 30.3 Å². The average Bonchev–Trinajstić information content (AvgIpc) is 3.12. The van der Waals surface area contributed by atoms with Crippen molar-refractivity contribution in [3.8, 4) is 5.75 Å². The first kappa shape index (κ1) is 15.4. The number of carbonyl (C=O) groups excluding carboxylic acids is 2. The van der Waals surface area contributed by atoms with E-state index in [1.54, 1.807) is 18.2 Å². The molecule has 1 aliphatic rings. The molecule has 126 valence electrons. The third-order valence-corrected chi connectivity index (χ3v) is 4.78. The Morgan fingerprint density at radius 3 is 2.56 bits per heavy atom. The third-order valence-electron chi connectivity index (χ3n) is 4.78. The first-order valence-electron chi connectivity index (χ1n) is 8.15. The normalized spacial score (nSPS) is 17.5. The van der Waals surface area contributed by atoms with Gasteiger partial charge in [0.25, 0.3) is 0 Å². The molecule has 3 aromatic rings. The van der Waals surface area contributed by atoms with Crippen LogP contribution in [0.2, 0.25) is 0 Å². The summed E-state index contributed by atoms with van der Waals surface area (Å²) in [5.41, 5.74) is 2.45. The number of carbonyl (C=O) groups is 2. The molecular weight excluding hydrogens is 316 g/mol. The van der Waals surface area contributed by atoms with Crippen molar-refractivity contribution in [2.75, 3.05) is 12.0 Å². The van der Waals surface area contributed by atoms with Crippen molar-refractivity contribution in [3.63, 3.8) is 0 Å². The van der Waals surface area contributed by atoms with E-state index < -0.39 is 5.92 Å². The highest BCUT2D eigenvalue weighted by molar-refractivity contribution is 6.24. The van der Waals surface area contributed by atoms with Crippen molar-refractivity contribution in [2.24, 2.45) is 7.05 Å². The summed E-state index contributed by atoms with van der Waals surface area (Å²) in [6, 6.07) is 15.0. The number of rotatable bonds is 3. The zero-order chi connectivity index (χ0) is 17.6. The molecule has 0 bridgehead atoms. The standard InChI is InChI=1S/C20H18N2O3/c1-21-12-15(13-7-3-4-8-16(13)21)14-11-19(23)22(20(14)24)17-9-5-6-10-18(17)25-2/h3-10,12,14H,11H2,1-2H3/t14-/m0/s1. The molecule has 1 saturated heterocycles. The molecule has 4 rings (SSSR count). The summed E-state index contributed by atoms with van der Waals surface area (Å²) in [6.45, 7) is 0. The minimum atomic E-state index is -0.469. The Balaban J connectivity index is 1.79. The number of aromatic nitrogens is 1. The van der Waals surface area contributed by atoms with Crippen LogP contribution in [-0.4, -0.2) is 23.5 Å². The molecule has 0 radical (unpaired) electrons. The van der Waals surface area contributed by atoms with Crippen LogP contribution in [0.15, 0.2) is 54.7 Å². The van der Waals surface area contributed by atoms with Gasteiger partial charge >= 0.3 is 0 Å². The van der Waals surface area contributed by atoms with Crippen molar-refractivity contribution in [2.45, 2.75) is 12.3 Å². The molecule has 1 aliphatic heterocycles. The van der Waals surface area contributed by atoms with Gasteiger partial charge in [0.2, 0.25) is 11.8 Å². The second kappa shape index (κ2) is 5.77. The number of nitrogens with zero attached hydrogens (tertiary/aromatic N) is 2. The lowest BCUT2D eigenvalue weighted by atomic mass is 9.97. The molecule has 0 aliphatic carbocycles. The van der Waals surface area contributed by atoms with Crippen molar-refractivity contribution < 1.29 is 14.3 Å². The molecule has 25 heavy (non-hydrogen) atoms. The summed E-state index contributed by atoms with van der Waals surface area (Å²) in [5.74, 6) is -0.357. The van der Waals surface area contributed by atoms with Crippen molar-refractivity contribution >= 4 is 28.4 Å². The number of hydrogen-bond acceptors (Lipinski definition) is 3. The summed E-state index contributed by atoms with van der Waals surface area (Å²) >= 11 is 0. The quantitative estimate of drug-likeness (QED) is 0.691. The van der Waals surface area contributed by atoms with E-state index in [4.69, 9.17) is 4.74 Å². The van der Waals surface area contributed by atoms with E-state index in [0.717, 1.165) is 16.5 Å². The number of ether oxygens (including phenoxy) is 1. The Bertz CT molecular complexity index is 990. The fraction of sp³-hybridized carbons (Fsp3) is 0.200. The molecule has 2 amide bonds. The Morgan fingerprint density at radius 2 is 1.76 bits per heavy atom. The van der Waals surface area contributed by atoms with E-state index in [-0.39, 0.29) is 18.2 Å². The van der Waals surface area contributed by atoms with Gasteiger partial charge in [0.05, 0.1) is 18.7 Å².